The number of amides is 3. The van der Waals surface area contributed by atoms with Gasteiger partial charge in [-0.15, -0.1) is 0 Å². The van der Waals surface area contributed by atoms with Crippen LogP contribution in [0.3, 0.4) is 0 Å². The Hall–Kier alpha value is -2.67. The fraction of sp³-hybridized carbons (Fsp3) is 0.450. The number of unbranched alkanes of at least 4 members (excludes halogenated alkanes) is 1. The molecule has 0 atom stereocenters. The molecule has 0 unspecified atom stereocenters. The maximum absolute atomic E-state index is 12.0. The lowest BCUT2D eigenvalue weighted by atomic mass is 10.2. The van der Waals surface area contributed by atoms with Crippen molar-refractivity contribution in [2.24, 2.45) is 0 Å². The van der Waals surface area contributed by atoms with E-state index in [4.69, 9.17) is 0 Å². The van der Waals surface area contributed by atoms with Gasteiger partial charge in [0.1, 0.15) is 0 Å². The lowest BCUT2D eigenvalue weighted by molar-refractivity contribution is -0.120. The molecule has 7 nitrogen and oxygen atoms in total. The number of imide groups is 1. The van der Waals surface area contributed by atoms with Crippen molar-refractivity contribution in [3.05, 3.63) is 47.3 Å². The van der Waals surface area contributed by atoms with Crippen LogP contribution in [0.15, 0.2) is 30.3 Å². The monoisotopic (exact) mass is 371 g/mol. The summed E-state index contributed by atoms with van der Waals surface area (Å²) in [4.78, 5) is 25.6. The molecule has 0 radical (unpaired) electrons. The summed E-state index contributed by atoms with van der Waals surface area (Å²) in [5.41, 5.74) is 4.07. The molecule has 0 saturated heterocycles. The van der Waals surface area contributed by atoms with Crippen LogP contribution in [0.2, 0.25) is 0 Å². The molecule has 1 aromatic heterocycles. The van der Waals surface area contributed by atoms with Gasteiger partial charge >= 0.3 is 6.03 Å². The van der Waals surface area contributed by atoms with Crippen LogP contribution in [0.25, 0.3) is 5.69 Å². The van der Waals surface area contributed by atoms with Gasteiger partial charge < -0.3 is 5.32 Å². The third-order valence-corrected chi connectivity index (χ3v) is 4.35. The number of hydrogen-bond acceptors (Lipinski definition) is 4. The van der Waals surface area contributed by atoms with E-state index in [2.05, 4.69) is 15.7 Å². The molecule has 0 spiro atoms. The van der Waals surface area contributed by atoms with Gasteiger partial charge in [0.15, 0.2) is 0 Å². The fourth-order valence-corrected chi connectivity index (χ4v) is 2.88. The second-order valence-corrected chi connectivity index (χ2v) is 6.73. The highest BCUT2D eigenvalue weighted by Gasteiger charge is 2.16. The van der Waals surface area contributed by atoms with Gasteiger partial charge in [0.05, 0.1) is 17.9 Å². The lowest BCUT2D eigenvalue weighted by Crippen LogP contribution is -2.43. The van der Waals surface area contributed by atoms with Crippen LogP contribution in [0.4, 0.5) is 4.79 Å². The third kappa shape index (κ3) is 5.92. The number of urea groups is 1. The molecule has 7 heteroatoms. The number of likely N-dealkylation sites (N-methyl/N-ethyl adjacent to an activating group) is 1. The normalized spacial score (nSPS) is 10.9. The Morgan fingerprint density at radius 2 is 1.89 bits per heavy atom. The van der Waals surface area contributed by atoms with Crippen molar-refractivity contribution >= 4 is 11.9 Å². The molecular weight excluding hydrogens is 342 g/mol. The molecule has 2 rings (SSSR count). The smallest absolute Gasteiger partial charge is 0.321 e. The van der Waals surface area contributed by atoms with Crippen LogP contribution >= 0.6 is 0 Å². The minimum absolute atomic E-state index is 0.136. The van der Waals surface area contributed by atoms with Crippen LogP contribution in [0.1, 0.15) is 36.7 Å². The molecule has 3 amide bonds. The Morgan fingerprint density at radius 3 is 2.56 bits per heavy atom. The number of para-hydroxylation sites is 1. The van der Waals surface area contributed by atoms with Crippen molar-refractivity contribution in [3.8, 4) is 5.69 Å². The molecule has 1 aromatic carbocycles. The summed E-state index contributed by atoms with van der Waals surface area (Å²) < 4.78 is 1.92. The minimum Gasteiger partial charge on any atom is -0.338 e. The molecular formula is C20H29N5O2. The topological polar surface area (TPSA) is 79.3 Å². The summed E-state index contributed by atoms with van der Waals surface area (Å²) in [7, 11) is 1.85. The zero-order valence-corrected chi connectivity index (χ0v) is 16.6. The molecule has 0 fully saturated rings. The molecule has 2 aromatic rings. The summed E-state index contributed by atoms with van der Waals surface area (Å²) >= 11 is 0. The van der Waals surface area contributed by atoms with E-state index in [0.717, 1.165) is 35.5 Å². The van der Waals surface area contributed by atoms with Gasteiger partial charge in [-0.25, -0.2) is 9.48 Å². The molecule has 146 valence electrons. The molecule has 0 aliphatic heterocycles. The summed E-state index contributed by atoms with van der Waals surface area (Å²) in [5, 5.41) is 9.67. The van der Waals surface area contributed by atoms with E-state index >= 15 is 0 Å². The maximum atomic E-state index is 12.0. The number of nitrogens with one attached hydrogen (secondary N) is 2. The van der Waals surface area contributed by atoms with E-state index in [1.807, 2.05) is 67.7 Å². The Morgan fingerprint density at radius 1 is 1.19 bits per heavy atom. The Labute approximate surface area is 160 Å². The first-order chi connectivity index (χ1) is 12.9. The van der Waals surface area contributed by atoms with Gasteiger partial charge in [-0.2, -0.15) is 5.10 Å². The molecule has 0 aliphatic rings. The molecule has 2 N–H and O–H groups in total. The zero-order valence-electron chi connectivity index (χ0n) is 16.6. The number of nitrogens with zero attached hydrogens (tertiary/aromatic N) is 3. The Bertz CT molecular complexity index is 770. The van der Waals surface area contributed by atoms with E-state index in [1.165, 1.54) is 0 Å². The van der Waals surface area contributed by atoms with E-state index in [1.54, 1.807) is 0 Å². The van der Waals surface area contributed by atoms with Gasteiger partial charge in [-0.3, -0.25) is 15.0 Å². The van der Waals surface area contributed by atoms with E-state index in [-0.39, 0.29) is 12.5 Å². The van der Waals surface area contributed by atoms with Crippen molar-refractivity contribution in [2.75, 3.05) is 20.1 Å². The molecule has 1 heterocycles. The van der Waals surface area contributed by atoms with Crippen LogP contribution < -0.4 is 10.6 Å². The average Bonchev–Trinajstić information content (AvgIpc) is 2.90. The molecule has 0 aliphatic carbocycles. The number of aryl methyl sites for hydroxylation is 1. The zero-order chi connectivity index (χ0) is 19.8. The van der Waals surface area contributed by atoms with Gasteiger partial charge in [0.25, 0.3) is 0 Å². The highest BCUT2D eigenvalue weighted by atomic mass is 16.2. The van der Waals surface area contributed by atoms with E-state index in [9.17, 15) is 9.59 Å². The predicted octanol–water partition coefficient (Wildman–Crippen LogP) is 2.55. The number of rotatable bonds is 8. The summed E-state index contributed by atoms with van der Waals surface area (Å²) in [6.45, 7) is 7.33. The third-order valence-electron chi connectivity index (χ3n) is 4.35. The average molecular weight is 371 g/mol. The number of hydrogen-bond donors (Lipinski definition) is 2. The first-order valence-electron chi connectivity index (χ1n) is 9.29. The number of carbonyl (C=O) groups is 2. The van der Waals surface area contributed by atoms with Crippen molar-refractivity contribution in [1.29, 1.82) is 0 Å². The Kier molecular flexibility index (Phi) is 7.55. The summed E-state index contributed by atoms with van der Waals surface area (Å²) in [6, 6.07) is 9.52. The van der Waals surface area contributed by atoms with E-state index < -0.39 is 6.03 Å². The molecule has 0 bridgehead atoms. The number of benzene rings is 1. The van der Waals surface area contributed by atoms with Gasteiger partial charge in [-0.1, -0.05) is 31.5 Å². The Balaban J connectivity index is 1.94. The number of carbonyl (C=O) groups excluding carboxylic acids is 2. The van der Waals surface area contributed by atoms with Crippen LogP contribution in [-0.2, 0) is 11.3 Å². The summed E-state index contributed by atoms with van der Waals surface area (Å²) in [5.74, 6) is -0.322. The number of aromatic nitrogens is 2. The van der Waals surface area contributed by atoms with E-state index in [0.29, 0.717) is 13.1 Å². The highest BCUT2D eigenvalue weighted by Crippen LogP contribution is 2.19. The maximum Gasteiger partial charge on any atom is 0.321 e. The van der Waals surface area contributed by atoms with Crippen molar-refractivity contribution in [2.45, 2.75) is 40.2 Å². The molecule has 0 saturated carbocycles. The van der Waals surface area contributed by atoms with Crippen LogP contribution in [0, 0.1) is 13.8 Å². The van der Waals surface area contributed by atoms with Crippen molar-refractivity contribution in [1.82, 2.24) is 25.3 Å². The van der Waals surface area contributed by atoms with Gasteiger partial charge in [0, 0.05) is 24.3 Å². The summed E-state index contributed by atoms with van der Waals surface area (Å²) in [6.07, 6.45) is 1.89. The van der Waals surface area contributed by atoms with Crippen LogP contribution in [0.5, 0.6) is 0 Å². The largest absolute Gasteiger partial charge is 0.338 e. The minimum atomic E-state index is -0.439. The highest BCUT2D eigenvalue weighted by molar-refractivity contribution is 5.95. The van der Waals surface area contributed by atoms with Gasteiger partial charge in [0.2, 0.25) is 5.91 Å². The van der Waals surface area contributed by atoms with Crippen molar-refractivity contribution in [3.63, 3.8) is 0 Å². The standard InChI is InChI=1S/C20H29N5O2/c1-5-6-12-21-20(27)22-19(26)14-24(4)13-18-15(2)23-25(16(18)3)17-10-8-7-9-11-17/h7-11H,5-6,12-14H2,1-4H3,(H2,21,22,26,27). The fourth-order valence-electron chi connectivity index (χ4n) is 2.88. The first-order valence-corrected chi connectivity index (χ1v) is 9.29. The second kappa shape index (κ2) is 9.87. The van der Waals surface area contributed by atoms with Gasteiger partial charge in [-0.05, 0) is 39.4 Å². The quantitative estimate of drug-likeness (QED) is 0.699. The first kappa shape index (κ1) is 20.6. The predicted molar refractivity (Wildman–Crippen MR) is 106 cm³/mol. The lowest BCUT2D eigenvalue weighted by Gasteiger charge is -2.16. The second-order valence-electron chi connectivity index (χ2n) is 6.73. The SMILES string of the molecule is CCCCNC(=O)NC(=O)CN(C)Cc1c(C)nn(-c2ccccc2)c1C. The molecule has 27 heavy (non-hydrogen) atoms. The van der Waals surface area contributed by atoms with Crippen LogP contribution in [-0.4, -0.2) is 46.8 Å². The van der Waals surface area contributed by atoms with Crippen molar-refractivity contribution < 1.29 is 9.59 Å².